The van der Waals surface area contributed by atoms with Gasteiger partial charge in [0.25, 0.3) is 5.91 Å². The summed E-state index contributed by atoms with van der Waals surface area (Å²) < 4.78 is 22.9. The Morgan fingerprint density at radius 3 is 2.69 bits per heavy atom. The summed E-state index contributed by atoms with van der Waals surface area (Å²) in [6, 6.07) is 12.2. The number of sulfone groups is 1. The maximum Gasteiger partial charge on any atom is 0.257 e. The molecule has 2 heterocycles. The molecule has 0 radical (unpaired) electrons. The summed E-state index contributed by atoms with van der Waals surface area (Å²) in [7, 11) is -3.16. The van der Waals surface area contributed by atoms with Crippen LogP contribution in [0.15, 0.2) is 48.7 Å². The van der Waals surface area contributed by atoms with Crippen molar-refractivity contribution in [2.75, 3.05) is 11.6 Å². The maximum atomic E-state index is 12.5. The zero-order valence-corrected chi connectivity index (χ0v) is 15.9. The van der Waals surface area contributed by atoms with Crippen LogP contribution in [0, 0.1) is 6.92 Å². The van der Waals surface area contributed by atoms with Crippen LogP contribution < -0.4 is 5.32 Å². The minimum absolute atomic E-state index is 0.103. The number of hydrogen-bond donors (Lipinski definition) is 1. The molecular weight excluding hydrogens is 370 g/mol. The highest BCUT2D eigenvalue weighted by molar-refractivity contribution is 7.89. The molecule has 0 aliphatic heterocycles. The second-order valence-electron chi connectivity index (χ2n) is 5.87. The summed E-state index contributed by atoms with van der Waals surface area (Å²) in [5.74, 6) is -0.435. The average Bonchev–Trinajstić information content (AvgIpc) is 2.94. The summed E-state index contributed by atoms with van der Waals surface area (Å²) in [5, 5.41) is 3.24. The first-order chi connectivity index (χ1) is 12.3. The van der Waals surface area contributed by atoms with Gasteiger partial charge in [-0.05, 0) is 36.8 Å². The summed E-state index contributed by atoms with van der Waals surface area (Å²) in [6.07, 6.45) is 2.87. The van der Waals surface area contributed by atoms with Crippen LogP contribution in [0.2, 0.25) is 0 Å². The number of thiazole rings is 1. The Bertz CT molecular complexity index is 1040. The van der Waals surface area contributed by atoms with Crippen molar-refractivity contribution >= 4 is 32.2 Å². The van der Waals surface area contributed by atoms with Crippen LogP contribution in [0.5, 0.6) is 0 Å². The van der Waals surface area contributed by atoms with Crippen LogP contribution in [0.4, 0.5) is 5.13 Å². The predicted octanol–water partition coefficient (Wildman–Crippen LogP) is 3.31. The summed E-state index contributed by atoms with van der Waals surface area (Å²) >= 11 is 1.35. The molecule has 1 N–H and O–H groups in total. The van der Waals surface area contributed by atoms with Crippen molar-refractivity contribution in [1.29, 1.82) is 0 Å². The zero-order chi connectivity index (χ0) is 18.7. The fraction of sp³-hybridized carbons (Fsp3) is 0.167. The van der Waals surface area contributed by atoms with E-state index in [1.165, 1.54) is 11.3 Å². The van der Waals surface area contributed by atoms with E-state index in [1.807, 2.05) is 25.1 Å². The molecule has 0 saturated carbocycles. The van der Waals surface area contributed by atoms with E-state index in [2.05, 4.69) is 15.3 Å². The minimum Gasteiger partial charge on any atom is -0.298 e. The van der Waals surface area contributed by atoms with Gasteiger partial charge in [-0.3, -0.25) is 15.1 Å². The van der Waals surface area contributed by atoms with Gasteiger partial charge in [-0.1, -0.05) is 29.5 Å². The second kappa shape index (κ2) is 7.35. The van der Waals surface area contributed by atoms with Crippen molar-refractivity contribution in [3.05, 3.63) is 65.5 Å². The van der Waals surface area contributed by atoms with Crippen LogP contribution in [0.25, 0.3) is 10.6 Å². The minimum atomic E-state index is -3.16. The summed E-state index contributed by atoms with van der Waals surface area (Å²) in [4.78, 5) is 22.1. The van der Waals surface area contributed by atoms with Gasteiger partial charge in [0.1, 0.15) is 0 Å². The van der Waals surface area contributed by atoms with Gasteiger partial charge in [-0.15, -0.1) is 0 Å². The molecule has 1 aromatic carbocycles. The molecule has 26 heavy (non-hydrogen) atoms. The van der Waals surface area contributed by atoms with E-state index in [1.54, 1.807) is 30.5 Å². The van der Waals surface area contributed by atoms with Crippen molar-refractivity contribution in [1.82, 2.24) is 9.97 Å². The van der Waals surface area contributed by atoms with Crippen molar-refractivity contribution in [2.45, 2.75) is 12.7 Å². The number of nitrogens with zero attached hydrogens (tertiary/aromatic N) is 2. The Kier molecular flexibility index (Phi) is 5.15. The monoisotopic (exact) mass is 387 g/mol. The van der Waals surface area contributed by atoms with Crippen molar-refractivity contribution < 1.29 is 13.2 Å². The standard InChI is InChI=1S/C18H17N3O3S2/c1-12-16(15-8-3-4-9-19-15)25-18(20-12)21-17(22)14-7-5-6-13(10-14)11-26(2,23)24/h3-10H,11H2,1-2H3,(H,20,21,22). The smallest absolute Gasteiger partial charge is 0.257 e. The number of pyridine rings is 1. The summed E-state index contributed by atoms with van der Waals surface area (Å²) in [5.41, 5.74) is 2.55. The SMILES string of the molecule is Cc1nc(NC(=O)c2cccc(CS(C)(=O)=O)c2)sc1-c1ccccn1. The van der Waals surface area contributed by atoms with E-state index in [4.69, 9.17) is 0 Å². The highest BCUT2D eigenvalue weighted by Crippen LogP contribution is 2.31. The van der Waals surface area contributed by atoms with Gasteiger partial charge in [0.15, 0.2) is 15.0 Å². The molecule has 0 spiro atoms. The number of carbonyl (C=O) groups excluding carboxylic acids is 1. The highest BCUT2D eigenvalue weighted by atomic mass is 32.2. The Labute approximate surface area is 155 Å². The Morgan fingerprint density at radius 1 is 1.19 bits per heavy atom. The molecule has 134 valence electrons. The third-order valence-electron chi connectivity index (χ3n) is 3.53. The van der Waals surface area contributed by atoms with Gasteiger partial charge in [-0.25, -0.2) is 13.4 Å². The normalized spacial score (nSPS) is 11.3. The molecule has 8 heteroatoms. The maximum absolute atomic E-state index is 12.5. The Hall–Kier alpha value is -2.58. The number of nitrogens with one attached hydrogen (secondary N) is 1. The van der Waals surface area contributed by atoms with E-state index >= 15 is 0 Å². The lowest BCUT2D eigenvalue weighted by atomic mass is 10.1. The molecular formula is C18H17N3O3S2. The number of aromatic nitrogens is 2. The fourth-order valence-corrected chi connectivity index (χ4v) is 4.18. The molecule has 6 nitrogen and oxygen atoms in total. The first-order valence-corrected chi connectivity index (χ1v) is 10.7. The number of aryl methyl sites for hydroxylation is 1. The number of benzene rings is 1. The van der Waals surface area contributed by atoms with E-state index in [9.17, 15) is 13.2 Å². The topological polar surface area (TPSA) is 89.0 Å². The lowest BCUT2D eigenvalue weighted by Crippen LogP contribution is -2.12. The van der Waals surface area contributed by atoms with Crippen LogP contribution >= 0.6 is 11.3 Å². The van der Waals surface area contributed by atoms with E-state index in [0.717, 1.165) is 22.5 Å². The fourth-order valence-electron chi connectivity index (χ4n) is 2.46. The van der Waals surface area contributed by atoms with Crippen LogP contribution in [0.1, 0.15) is 21.6 Å². The van der Waals surface area contributed by atoms with E-state index in [0.29, 0.717) is 16.3 Å². The van der Waals surface area contributed by atoms with Gasteiger partial charge in [0.2, 0.25) is 0 Å². The Morgan fingerprint density at radius 2 is 2.00 bits per heavy atom. The molecule has 0 fully saturated rings. The number of rotatable bonds is 5. The molecule has 2 aromatic heterocycles. The molecule has 0 atom stereocenters. The van der Waals surface area contributed by atoms with Gasteiger partial charge in [0.05, 0.1) is 22.0 Å². The summed E-state index contributed by atoms with van der Waals surface area (Å²) in [6.45, 7) is 1.86. The Balaban J connectivity index is 1.80. The average molecular weight is 387 g/mol. The number of amides is 1. The predicted molar refractivity (Wildman–Crippen MR) is 103 cm³/mol. The van der Waals surface area contributed by atoms with Gasteiger partial charge >= 0.3 is 0 Å². The zero-order valence-electron chi connectivity index (χ0n) is 14.3. The number of carbonyl (C=O) groups is 1. The van der Waals surface area contributed by atoms with Crippen LogP contribution in [0.3, 0.4) is 0 Å². The van der Waals surface area contributed by atoms with Crippen molar-refractivity contribution in [3.63, 3.8) is 0 Å². The highest BCUT2D eigenvalue weighted by Gasteiger charge is 2.14. The quantitative estimate of drug-likeness (QED) is 0.725. The first-order valence-electron chi connectivity index (χ1n) is 7.79. The van der Waals surface area contributed by atoms with Crippen LogP contribution in [-0.2, 0) is 15.6 Å². The number of hydrogen-bond acceptors (Lipinski definition) is 6. The molecule has 0 aliphatic rings. The van der Waals surface area contributed by atoms with Gasteiger partial charge in [-0.2, -0.15) is 0 Å². The molecule has 0 aliphatic carbocycles. The third kappa shape index (κ3) is 4.53. The molecule has 3 aromatic rings. The van der Waals surface area contributed by atoms with E-state index in [-0.39, 0.29) is 11.7 Å². The molecule has 0 saturated heterocycles. The van der Waals surface area contributed by atoms with Gasteiger partial charge < -0.3 is 0 Å². The molecule has 1 amide bonds. The third-order valence-corrected chi connectivity index (χ3v) is 5.49. The molecule has 0 unspecified atom stereocenters. The molecule has 3 rings (SSSR count). The van der Waals surface area contributed by atoms with Crippen molar-refractivity contribution in [2.24, 2.45) is 0 Å². The second-order valence-corrected chi connectivity index (χ2v) is 9.01. The van der Waals surface area contributed by atoms with Gasteiger partial charge in [0, 0.05) is 18.0 Å². The number of anilines is 1. The largest absolute Gasteiger partial charge is 0.298 e. The lowest BCUT2D eigenvalue weighted by molar-refractivity contribution is 0.102. The van der Waals surface area contributed by atoms with E-state index < -0.39 is 9.84 Å². The van der Waals surface area contributed by atoms with Crippen LogP contribution in [-0.4, -0.2) is 30.5 Å². The lowest BCUT2D eigenvalue weighted by Gasteiger charge is -2.04. The molecule has 0 bridgehead atoms. The first kappa shape index (κ1) is 18.2. The van der Waals surface area contributed by atoms with Crippen molar-refractivity contribution in [3.8, 4) is 10.6 Å².